The molecule has 2 aromatic carbocycles. The van der Waals surface area contributed by atoms with Crippen LogP contribution in [0.2, 0.25) is 0 Å². The molecule has 10 heteroatoms. The van der Waals surface area contributed by atoms with Gasteiger partial charge in [-0.25, -0.2) is 4.79 Å². The number of ketones is 1. The first kappa shape index (κ1) is 27.6. The minimum atomic E-state index is -4.46. The quantitative estimate of drug-likeness (QED) is 0.524. The Kier molecular flexibility index (Phi) is 8.71. The van der Waals surface area contributed by atoms with Gasteiger partial charge in [-0.15, -0.1) is 0 Å². The van der Waals surface area contributed by atoms with Gasteiger partial charge in [-0.05, 0) is 61.7 Å². The lowest BCUT2D eigenvalue weighted by Crippen LogP contribution is -2.45. The first-order chi connectivity index (χ1) is 18.1. The number of amides is 1. The van der Waals surface area contributed by atoms with Crippen LogP contribution in [-0.2, 0) is 26.9 Å². The molecule has 2 aliphatic heterocycles. The van der Waals surface area contributed by atoms with Gasteiger partial charge in [0.2, 0.25) is 5.91 Å². The van der Waals surface area contributed by atoms with Crippen molar-refractivity contribution in [2.45, 2.75) is 37.9 Å². The molecule has 38 heavy (non-hydrogen) atoms. The molecule has 0 aromatic heterocycles. The summed E-state index contributed by atoms with van der Waals surface area (Å²) in [7, 11) is 1.36. The van der Waals surface area contributed by atoms with E-state index in [9.17, 15) is 27.6 Å². The largest absolute Gasteiger partial charge is 0.465 e. The summed E-state index contributed by atoms with van der Waals surface area (Å²) in [6.45, 7) is 3.00. The van der Waals surface area contributed by atoms with Gasteiger partial charge in [0.15, 0.2) is 5.78 Å². The molecule has 204 valence electrons. The summed E-state index contributed by atoms with van der Waals surface area (Å²) in [4.78, 5) is 41.2. The third-order valence-electron chi connectivity index (χ3n) is 7.34. The van der Waals surface area contributed by atoms with Gasteiger partial charge in [0, 0.05) is 37.8 Å². The van der Waals surface area contributed by atoms with Crippen molar-refractivity contribution in [3.05, 3.63) is 65.2 Å². The molecule has 2 saturated heterocycles. The van der Waals surface area contributed by atoms with Crippen LogP contribution in [0.25, 0.3) is 0 Å². The predicted molar refractivity (Wildman–Crippen MR) is 136 cm³/mol. The highest BCUT2D eigenvalue weighted by atomic mass is 19.4. The van der Waals surface area contributed by atoms with E-state index in [1.54, 1.807) is 12.1 Å². The lowest BCUT2D eigenvalue weighted by Gasteiger charge is -2.38. The highest BCUT2D eigenvalue weighted by Crippen LogP contribution is 2.30. The summed E-state index contributed by atoms with van der Waals surface area (Å²) in [6.07, 6.45) is -1.99. The van der Waals surface area contributed by atoms with Crippen molar-refractivity contribution in [1.82, 2.24) is 10.2 Å². The van der Waals surface area contributed by atoms with E-state index in [4.69, 9.17) is 4.74 Å². The molecule has 0 saturated carbocycles. The maximum atomic E-state index is 12.9. The van der Waals surface area contributed by atoms with Crippen molar-refractivity contribution in [1.29, 1.82) is 0 Å². The second kappa shape index (κ2) is 12.0. The number of likely N-dealkylation sites (tertiary alicyclic amines) is 1. The zero-order chi connectivity index (χ0) is 27.3. The molecule has 0 unspecified atom stereocenters. The number of alkyl halides is 3. The van der Waals surface area contributed by atoms with Gasteiger partial charge in [0.1, 0.15) is 0 Å². The monoisotopic (exact) mass is 531 g/mol. The van der Waals surface area contributed by atoms with Crippen LogP contribution >= 0.6 is 0 Å². The molecule has 4 rings (SSSR count). The zero-order valence-electron chi connectivity index (χ0n) is 21.3. The molecule has 0 bridgehead atoms. The number of hydrogen-bond donors (Lipinski definition) is 1. The standard InChI is InChI=1S/C28H32F3N3O4/c1-38-27(37)20-5-7-23(8-6-20)33-13-10-24(11-14-33)34-12-9-21(18-34)26(36)32-17-25(35)16-19-3-2-4-22(15-19)28(29,30)31/h2-8,15,21,24H,9-14,16-18H2,1H3,(H,32,36)/t21-/m1/s1. The highest BCUT2D eigenvalue weighted by Gasteiger charge is 2.34. The van der Waals surface area contributed by atoms with Crippen LogP contribution in [0.5, 0.6) is 0 Å². The van der Waals surface area contributed by atoms with E-state index in [-0.39, 0.29) is 42.1 Å². The third kappa shape index (κ3) is 6.92. The van der Waals surface area contributed by atoms with Gasteiger partial charge in [0.05, 0.1) is 30.7 Å². The summed E-state index contributed by atoms with van der Waals surface area (Å²) in [5, 5.41) is 2.68. The fourth-order valence-electron chi connectivity index (χ4n) is 5.23. The van der Waals surface area contributed by atoms with Crippen molar-refractivity contribution in [2.75, 3.05) is 44.7 Å². The zero-order valence-corrected chi connectivity index (χ0v) is 21.3. The van der Waals surface area contributed by atoms with Gasteiger partial charge in [-0.3, -0.25) is 14.5 Å². The highest BCUT2D eigenvalue weighted by molar-refractivity contribution is 5.90. The molecule has 1 amide bonds. The number of ether oxygens (including phenoxy) is 1. The number of rotatable bonds is 8. The summed E-state index contributed by atoms with van der Waals surface area (Å²) in [5.74, 6) is -1.09. The van der Waals surface area contributed by atoms with Crippen molar-refractivity contribution < 1.29 is 32.3 Å². The average molecular weight is 532 g/mol. The van der Waals surface area contributed by atoms with E-state index in [1.807, 2.05) is 12.1 Å². The molecule has 2 aromatic rings. The summed E-state index contributed by atoms with van der Waals surface area (Å²) >= 11 is 0. The second-order valence-electron chi connectivity index (χ2n) is 9.87. The Bertz CT molecular complexity index is 1140. The SMILES string of the molecule is COC(=O)c1ccc(N2CCC(N3CC[C@@H](C(=O)NCC(=O)Cc4cccc(C(F)(F)F)c4)C3)CC2)cc1. The van der Waals surface area contributed by atoms with E-state index in [0.717, 1.165) is 50.3 Å². The van der Waals surface area contributed by atoms with Gasteiger partial charge >= 0.3 is 12.1 Å². The summed E-state index contributed by atoms with van der Waals surface area (Å²) < 4.78 is 43.4. The van der Waals surface area contributed by atoms with Gasteiger partial charge in [-0.2, -0.15) is 13.2 Å². The normalized spacial score (nSPS) is 18.8. The Labute approximate surface area is 219 Å². The number of nitrogens with zero attached hydrogens (tertiary/aromatic N) is 2. The molecule has 7 nitrogen and oxygen atoms in total. The summed E-state index contributed by atoms with van der Waals surface area (Å²) in [5.41, 5.74) is 1.06. The summed E-state index contributed by atoms with van der Waals surface area (Å²) in [6, 6.07) is 12.5. The van der Waals surface area contributed by atoms with E-state index >= 15 is 0 Å². The van der Waals surface area contributed by atoms with E-state index in [1.165, 1.54) is 19.2 Å². The smallest absolute Gasteiger partial charge is 0.416 e. The Morgan fingerprint density at radius 3 is 2.37 bits per heavy atom. The van der Waals surface area contributed by atoms with Crippen LogP contribution in [0.3, 0.4) is 0 Å². The average Bonchev–Trinajstić information content (AvgIpc) is 3.42. The number of nitrogens with one attached hydrogen (secondary N) is 1. The third-order valence-corrected chi connectivity index (χ3v) is 7.34. The number of carbonyl (C=O) groups is 3. The van der Waals surface area contributed by atoms with Crippen molar-refractivity contribution in [2.24, 2.45) is 5.92 Å². The fourth-order valence-corrected chi connectivity index (χ4v) is 5.23. The van der Waals surface area contributed by atoms with Crippen LogP contribution in [-0.4, -0.2) is 68.4 Å². The number of benzene rings is 2. The van der Waals surface area contributed by atoms with E-state index < -0.39 is 11.7 Å². The minimum Gasteiger partial charge on any atom is -0.465 e. The van der Waals surface area contributed by atoms with Crippen molar-refractivity contribution >= 4 is 23.3 Å². The van der Waals surface area contributed by atoms with Crippen LogP contribution in [0.1, 0.15) is 40.7 Å². The van der Waals surface area contributed by atoms with Crippen LogP contribution < -0.4 is 10.2 Å². The molecule has 1 N–H and O–H groups in total. The van der Waals surface area contributed by atoms with Crippen molar-refractivity contribution in [3.8, 4) is 0 Å². The Balaban J connectivity index is 1.19. The molecule has 1 atom stereocenters. The first-order valence-electron chi connectivity index (χ1n) is 12.8. The Morgan fingerprint density at radius 2 is 1.71 bits per heavy atom. The number of piperidine rings is 1. The molecule has 2 fully saturated rings. The molecule has 2 aliphatic rings. The number of Topliss-reactive ketones (excluding diaryl/α,β-unsaturated/α-hetero) is 1. The molecule has 0 spiro atoms. The van der Waals surface area contributed by atoms with Gasteiger partial charge < -0.3 is 15.0 Å². The number of halogens is 3. The maximum absolute atomic E-state index is 12.9. The predicted octanol–water partition coefficient (Wildman–Crippen LogP) is 3.71. The molecule has 2 heterocycles. The van der Waals surface area contributed by atoms with Crippen LogP contribution in [0.15, 0.2) is 48.5 Å². The lowest BCUT2D eigenvalue weighted by molar-refractivity contribution is -0.137. The Hall–Kier alpha value is -3.40. The van der Waals surface area contributed by atoms with E-state index in [2.05, 4.69) is 15.1 Å². The molecular formula is C28H32F3N3O4. The van der Waals surface area contributed by atoms with Crippen LogP contribution in [0, 0.1) is 5.92 Å². The number of methoxy groups -OCH3 is 1. The maximum Gasteiger partial charge on any atom is 0.416 e. The van der Waals surface area contributed by atoms with Gasteiger partial charge in [0.25, 0.3) is 0 Å². The molecular weight excluding hydrogens is 499 g/mol. The van der Waals surface area contributed by atoms with Gasteiger partial charge in [-0.1, -0.05) is 18.2 Å². The fraction of sp³-hybridized carbons (Fsp3) is 0.464. The Morgan fingerprint density at radius 1 is 1.00 bits per heavy atom. The van der Waals surface area contributed by atoms with Crippen molar-refractivity contribution in [3.63, 3.8) is 0 Å². The molecule has 0 aliphatic carbocycles. The molecule has 0 radical (unpaired) electrons. The number of carbonyl (C=O) groups excluding carboxylic acids is 3. The topological polar surface area (TPSA) is 79.0 Å². The number of hydrogen-bond acceptors (Lipinski definition) is 6. The number of esters is 1. The number of anilines is 1. The van der Waals surface area contributed by atoms with Crippen LogP contribution in [0.4, 0.5) is 18.9 Å². The minimum absolute atomic E-state index is 0.162. The lowest BCUT2D eigenvalue weighted by atomic mass is 10.0. The second-order valence-corrected chi connectivity index (χ2v) is 9.87. The van der Waals surface area contributed by atoms with E-state index in [0.29, 0.717) is 24.6 Å². The first-order valence-corrected chi connectivity index (χ1v) is 12.8.